The lowest BCUT2D eigenvalue weighted by atomic mass is 10.1. The van der Waals surface area contributed by atoms with Crippen molar-refractivity contribution in [3.63, 3.8) is 0 Å². The van der Waals surface area contributed by atoms with E-state index in [2.05, 4.69) is 16.9 Å². The lowest BCUT2D eigenvalue weighted by Gasteiger charge is -2.13. The van der Waals surface area contributed by atoms with E-state index in [4.69, 9.17) is 10.5 Å². The third kappa shape index (κ3) is 3.72. The van der Waals surface area contributed by atoms with E-state index in [1.165, 1.54) is 0 Å². The monoisotopic (exact) mass is 285 g/mol. The van der Waals surface area contributed by atoms with Gasteiger partial charge in [0.05, 0.1) is 11.8 Å². The van der Waals surface area contributed by atoms with Gasteiger partial charge in [-0.25, -0.2) is 9.97 Å². The highest BCUT2D eigenvalue weighted by molar-refractivity contribution is 5.68. The highest BCUT2D eigenvalue weighted by atomic mass is 16.5. The number of hydrogen-bond donors (Lipinski definition) is 1. The fraction of sp³-hybridized carbons (Fsp3) is 0.412. The molecule has 1 aromatic heterocycles. The summed E-state index contributed by atoms with van der Waals surface area (Å²) in [5.74, 6) is 2.19. The molecule has 2 aromatic rings. The van der Waals surface area contributed by atoms with Crippen LogP contribution in [-0.2, 0) is 6.42 Å². The Morgan fingerprint density at radius 3 is 2.67 bits per heavy atom. The maximum absolute atomic E-state index is 6.03. The highest BCUT2D eigenvalue weighted by Crippen LogP contribution is 2.28. The van der Waals surface area contributed by atoms with Gasteiger partial charge in [-0.1, -0.05) is 19.1 Å². The summed E-state index contributed by atoms with van der Waals surface area (Å²) in [5, 5.41) is 0. The van der Waals surface area contributed by atoms with E-state index in [0.29, 0.717) is 5.82 Å². The third-order valence-electron chi connectivity index (χ3n) is 3.18. The topological polar surface area (TPSA) is 61.0 Å². The largest absolute Gasteiger partial charge is 0.491 e. The first-order valence-corrected chi connectivity index (χ1v) is 7.41. The summed E-state index contributed by atoms with van der Waals surface area (Å²) >= 11 is 0. The molecule has 0 aliphatic carbocycles. The van der Waals surface area contributed by atoms with E-state index in [1.54, 1.807) is 0 Å². The van der Waals surface area contributed by atoms with Crippen LogP contribution < -0.4 is 10.5 Å². The number of nitrogens with two attached hydrogens (primary N) is 1. The van der Waals surface area contributed by atoms with Crippen LogP contribution in [0.4, 0.5) is 5.82 Å². The molecule has 0 radical (unpaired) electrons. The van der Waals surface area contributed by atoms with Gasteiger partial charge in [0.25, 0.3) is 0 Å². The van der Waals surface area contributed by atoms with Crippen molar-refractivity contribution >= 4 is 5.82 Å². The molecule has 0 spiro atoms. The van der Waals surface area contributed by atoms with Gasteiger partial charge in [-0.05, 0) is 39.3 Å². The van der Waals surface area contributed by atoms with Gasteiger partial charge in [0.1, 0.15) is 17.4 Å². The Morgan fingerprint density at radius 1 is 1.24 bits per heavy atom. The smallest absolute Gasteiger partial charge is 0.131 e. The van der Waals surface area contributed by atoms with Gasteiger partial charge in [-0.15, -0.1) is 0 Å². The molecule has 0 atom stereocenters. The van der Waals surface area contributed by atoms with Gasteiger partial charge in [-0.3, -0.25) is 0 Å². The van der Waals surface area contributed by atoms with Crippen LogP contribution in [-0.4, -0.2) is 16.1 Å². The van der Waals surface area contributed by atoms with Crippen molar-refractivity contribution in [2.24, 2.45) is 0 Å². The zero-order valence-electron chi connectivity index (χ0n) is 13.2. The first-order valence-electron chi connectivity index (χ1n) is 7.41. The molecule has 0 saturated heterocycles. The van der Waals surface area contributed by atoms with E-state index in [-0.39, 0.29) is 6.10 Å². The number of anilines is 1. The van der Waals surface area contributed by atoms with Crippen molar-refractivity contribution in [1.82, 2.24) is 9.97 Å². The van der Waals surface area contributed by atoms with E-state index in [9.17, 15) is 0 Å². The van der Waals surface area contributed by atoms with Gasteiger partial charge in [0, 0.05) is 17.5 Å². The van der Waals surface area contributed by atoms with Crippen molar-refractivity contribution in [2.75, 3.05) is 5.73 Å². The molecule has 4 heteroatoms. The van der Waals surface area contributed by atoms with E-state index < -0.39 is 0 Å². The van der Waals surface area contributed by atoms with Crippen molar-refractivity contribution in [3.8, 4) is 17.0 Å². The summed E-state index contributed by atoms with van der Waals surface area (Å²) in [6.45, 7) is 8.09. The molecular formula is C17H23N3O. The lowest BCUT2D eigenvalue weighted by molar-refractivity contribution is 0.242. The number of benzene rings is 1. The Kier molecular flexibility index (Phi) is 4.78. The van der Waals surface area contributed by atoms with Crippen LogP contribution in [0.25, 0.3) is 11.3 Å². The Hall–Kier alpha value is -2.10. The summed E-state index contributed by atoms with van der Waals surface area (Å²) in [4.78, 5) is 9.02. The number of rotatable bonds is 5. The number of aryl methyl sites for hydroxylation is 1. The molecule has 0 fully saturated rings. The average Bonchev–Trinajstić information content (AvgIpc) is 2.42. The Labute approximate surface area is 126 Å². The molecule has 2 N–H and O–H groups in total. The molecular weight excluding hydrogens is 262 g/mol. The second-order valence-corrected chi connectivity index (χ2v) is 5.44. The van der Waals surface area contributed by atoms with E-state index >= 15 is 0 Å². The maximum atomic E-state index is 6.03. The quantitative estimate of drug-likeness (QED) is 0.908. The zero-order valence-corrected chi connectivity index (χ0v) is 13.2. The second-order valence-electron chi connectivity index (χ2n) is 5.44. The van der Waals surface area contributed by atoms with Crippen LogP contribution in [0, 0.1) is 6.92 Å². The van der Waals surface area contributed by atoms with Crippen LogP contribution in [0.5, 0.6) is 5.75 Å². The Balaban J connectivity index is 2.45. The Morgan fingerprint density at radius 2 is 2.00 bits per heavy atom. The number of hydrogen-bond acceptors (Lipinski definition) is 4. The third-order valence-corrected chi connectivity index (χ3v) is 3.18. The first-order chi connectivity index (χ1) is 10.0. The van der Waals surface area contributed by atoms with E-state index in [0.717, 1.165) is 41.2 Å². The van der Waals surface area contributed by atoms with Crippen LogP contribution in [0.15, 0.2) is 24.3 Å². The lowest BCUT2D eigenvalue weighted by Crippen LogP contribution is -2.06. The molecule has 0 aliphatic heterocycles. The highest BCUT2D eigenvalue weighted by Gasteiger charge is 2.11. The fourth-order valence-electron chi connectivity index (χ4n) is 2.19. The molecule has 0 amide bonds. The molecule has 4 nitrogen and oxygen atoms in total. The van der Waals surface area contributed by atoms with Gasteiger partial charge < -0.3 is 10.5 Å². The zero-order chi connectivity index (χ0) is 15.4. The molecule has 0 saturated carbocycles. The molecule has 1 heterocycles. The number of nitrogens with zero attached hydrogens (tertiary/aromatic N) is 2. The van der Waals surface area contributed by atoms with Crippen molar-refractivity contribution < 1.29 is 4.74 Å². The summed E-state index contributed by atoms with van der Waals surface area (Å²) < 4.78 is 5.75. The molecule has 21 heavy (non-hydrogen) atoms. The van der Waals surface area contributed by atoms with Crippen LogP contribution in [0.2, 0.25) is 0 Å². The summed E-state index contributed by atoms with van der Waals surface area (Å²) in [6.07, 6.45) is 1.98. The van der Waals surface area contributed by atoms with Gasteiger partial charge in [-0.2, -0.15) is 0 Å². The van der Waals surface area contributed by atoms with Crippen molar-refractivity contribution in [3.05, 3.63) is 35.7 Å². The molecule has 0 bridgehead atoms. The van der Waals surface area contributed by atoms with Crippen molar-refractivity contribution in [2.45, 2.75) is 46.6 Å². The minimum atomic E-state index is 0.146. The molecule has 1 aromatic carbocycles. The summed E-state index contributed by atoms with van der Waals surface area (Å²) in [6, 6.07) is 7.96. The molecule has 2 rings (SSSR count). The van der Waals surface area contributed by atoms with Gasteiger partial charge in [0.15, 0.2) is 0 Å². The minimum Gasteiger partial charge on any atom is -0.491 e. The second kappa shape index (κ2) is 6.57. The average molecular weight is 285 g/mol. The van der Waals surface area contributed by atoms with Crippen LogP contribution >= 0.6 is 0 Å². The maximum Gasteiger partial charge on any atom is 0.131 e. The van der Waals surface area contributed by atoms with Gasteiger partial charge in [0.2, 0.25) is 0 Å². The number of ether oxygens (including phenoxy) is 1. The molecule has 0 unspecified atom stereocenters. The predicted molar refractivity (Wildman–Crippen MR) is 86.4 cm³/mol. The number of aromatic nitrogens is 2. The van der Waals surface area contributed by atoms with Gasteiger partial charge >= 0.3 is 0 Å². The standard InChI is InChI=1S/C17H23N3O/c1-5-7-15-19-16(12(4)17(18)20-15)13-8-6-9-14(10-13)21-11(2)3/h6,8-11H,5,7H2,1-4H3,(H2,18,19,20). The minimum absolute atomic E-state index is 0.146. The molecule has 0 aliphatic rings. The predicted octanol–water partition coefficient (Wildman–Crippen LogP) is 3.77. The normalized spacial score (nSPS) is 10.9. The Bertz CT molecular complexity index is 623. The van der Waals surface area contributed by atoms with Crippen LogP contribution in [0.1, 0.15) is 38.6 Å². The van der Waals surface area contributed by atoms with Crippen molar-refractivity contribution in [1.29, 1.82) is 0 Å². The number of nitrogen functional groups attached to an aromatic ring is 1. The summed E-state index contributed by atoms with van der Waals surface area (Å²) in [7, 11) is 0. The molecule has 112 valence electrons. The first kappa shape index (κ1) is 15.3. The fourth-order valence-corrected chi connectivity index (χ4v) is 2.19. The van der Waals surface area contributed by atoms with E-state index in [1.807, 2.05) is 45.0 Å². The SMILES string of the molecule is CCCc1nc(N)c(C)c(-c2cccc(OC(C)C)c2)n1. The van der Waals surface area contributed by atoms with Crippen LogP contribution in [0.3, 0.4) is 0 Å². The summed E-state index contributed by atoms with van der Waals surface area (Å²) in [5.41, 5.74) is 8.84.